The van der Waals surface area contributed by atoms with Gasteiger partial charge in [0.05, 0.1) is 31.0 Å². The zero-order valence-corrected chi connectivity index (χ0v) is 29.9. The van der Waals surface area contributed by atoms with Gasteiger partial charge >= 0.3 is 0 Å². The zero-order valence-electron chi connectivity index (χ0n) is 29.9. The van der Waals surface area contributed by atoms with Gasteiger partial charge in [-0.2, -0.15) is 0 Å². The van der Waals surface area contributed by atoms with E-state index in [0.29, 0.717) is 38.1 Å². The van der Waals surface area contributed by atoms with Crippen molar-refractivity contribution < 1.29 is 34.3 Å². The lowest BCUT2D eigenvalue weighted by Gasteiger charge is -2.63. The van der Waals surface area contributed by atoms with Crippen LogP contribution >= 0.6 is 0 Å². The van der Waals surface area contributed by atoms with E-state index in [1.807, 2.05) is 4.90 Å². The summed E-state index contributed by atoms with van der Waals surface area (Å²) >= 11 is 0. The summed E-state index contributed by atoms with van der Waals surface area (Å²) in [6, 6.07) is 0. The highest BCUT2D eigenvalue weighted by Gasteiger charge is 2.85. The Labute approximate surface area is 282 Å². The van der Waals surface area contributed by atoms with Crippen molar-refractivity contribution in [2.75, 3.05) is 19.7 Å². The summed E-state index contributed by atoms with van der Waals surface area (Å²) in [5.74, 6) is 2.93. The average Bonchev–Trinajstić information content (AvgIpc) is 3.61. The van der Waals surface area contributed by atoms with E-state index in [2.05, 4.69) is 34.6 Å². The van der Waals surface area contributed by atoms with Gasteiger partial charge in [0.1, 0.15) is 18.3 Å². The van der Waals surface area contributed by atoms with Gasteiger partial charge in [0.25, 0.3) is 0 Å². The third-order valence-corrected chi connectivity index (χ3v) is 16.1. The minimum Gasteiger partial charge on any atom is -0.389 e. The van der Waals surface area contributed by atoms with Crippen LogP contribution in [0.4, 0.5) is 0 Å². The van der Waals surface area contributed by atoms with E-state index >= 15 is 0 Å². The average molecular weight is 655 g/mol. The third kappa shape index (κ3) is 4.36. The van der Waals surface area contributed by atoms with E-state index in [4.69, 9.17) is 14.2 Å². The maximum Gasteiger partial charge on any atom is 0.225 e. The Balaban J connectivity index is 1.01. The Morgan fingerprint density at radius 3 is 2.51 bits per heavy atom. The van der Waals surface area contributed by atoms with Gasteiger partial charge in [-0.25, -0.2) is 0 Å². The highest BCUT2D eigenvalue weighted by molar-refractivity contribution is 5.79. The van der Waals surface area contributed by atoms with Crippen molar-refractivity contribution in [3.63, 3.8) is 0 Å². The maximum absolute atomic E-state index is 13.0. The smallest absolute Gasteiger partial charge is 0.225 e. The summed E-state index contributed by atoms with van der Waals surface area (Å²) in [7, 11) is 0. The van der Waals surface area contributed by atoms with Crippen molar-refractivity contribution in [1.29, 1.82) is 0 Å². The van der Waals surface area contributed by atoms with Gasteiger partial charge in [-0.05, 0) is 117 Å². The van der Waals surface area contributed by atoms with Crippen LogP contribution in [0.1, 0.15) is 119 Å². The quantitative estimate of drug-likeness (QED) is 0.355. The number of nitrogens with zero attached hydrogens (tertiary/aromatic N) is 1. The summed E-state index contributed by atoms with van der Waals surface area (Å²) in [6.07, 6.45) is 10.6. The molecule has 8 nitrogen and oxygen atoms in total. The van der Waals surface area contributed by atoms with Gasteiger partial charge in [0.2, 0.25) is 5.91 Å². The number of hydrogen-bond donors (Lipinski definition) is 3. The van der Waals surface area contributed by atoms with Gasteiger partial charge in [-0.1, -0.05) is 41.0 Å². The van der Waals surface area contributed by atoms with Crippen LogP contribution in [0.2, 0.25) is 0 Å². The predicted molar refractivity (Wildman–Crippen MR) is 176 cm³/mol. The molecule has 8 rings (SSSR count). The Bertz CT molecular complexity index is 1260. The zero-order chi connectivity index (χ0) is 33.5. The van der Waals surface area contributed by atoms with Crippen LogP contribution in [-0.4, -0.2) is 76.0 Å². The molecule has 0 aromatic carbocycles. The second-order valence-electron chi connectivity index (χ2n) is 18.9. The normalized spacial score (nSPS) is 49.2. The topological polar surface area (TPSA) is 109 Å². The number of aliphatic hydroxyl groups is 3. The molecule has 2 spiro atoms. The van der Waals surface area contributed by atoms with Crippen molar-refractivity contribution >= 4 is 5.91 Å². The van der Waals surface area contributed by atoms with Crippen LogP contribution in [0.25, 0.3) is 0 Å². The number of amides is 1. The molecular formula is C39H60NO7. The van der Waals surface area contributed by atoms with Gasteiger partial charge in [-0.3, -0.25) is 4.79 Å². The first-order valence-electron chi connectivity index (χ1n) is 18.9. The summed E-state index contributed by atoms with van der Waals surface area (Å²) in [6.45, 7) is 16.8. The third-order valence-electron chi connectivity index (χ3n) is 16.1. The first-order valence-corrected chi connectivity index (χ1v) is 18.9. The molecule has 11 atom stereocenters. The molecule has 1 unspecified atom stereocenters. The predicted octanol–water partition coefficient (Wildman–Crippen LogP) is 5.59. The molecule has 47 heavy (non-hydrogen) atoms. The molecule has 1 amide bonds. The molecule has 8 heteroatoms. The highest BCUT2D eigenvalue weighted by atomic mass is 16.7. The summed E-state index contributed by atoms with van der Waals surface area (Å²) < 4.78 is 19.5. The summed E-state index contributed by atoms with van der Waals surface area (Å²) in [5, 5.41) is 34.0. The number of ether oxygens (including phenoxy) is 3. The van der Waals surface area contributed by atoms with Crippen LogP contribution < -0.4 is 0 Å². The molecule has 2 heterocycles. The molecule has 3 N–H and O–H groups in total. The van der Waals surface area contributed by atoms with E-state index in [-0.39, 0.29) is 57.7 Å². The maximum atomic E-state index is 13.0. The van der Waals surface area contributed by atoms with Crippen molar-refractivity contribution in [3.8, 4) is 0 Å². The summed E-state index contributed by atoms with van der Waals surface area (Å²) in [4.78, 5) is 15.0. The van der Waals surface area contributed by atoms with Crippen molar-refractivity contribution in [1.82, 2.24) is 4.90 Å². The number of morpholine rings is 1. The Hall–Kier alpha value is -0.770. The van der Waals surface area contributed by atoms with Gasteiger partial charge in [0, 0.05) is 23.8 Å². The molecule has 6 aliphatic carbocycles. The number of aliphatic hydroxyl groups excluding tert-OH is 2. The minimum atomic E-state index is -1.31. The van der Waals surface area contributed by atoms with Crippen molar-refractivity contribution in [3.05, 3.63) is 18.1 Å². The van der Waals surface area contributed by atoms with Crippen LogP contribution in [0, 0.1) is 68.9 Å². The lowest BCUT2D eigenvalue weighted by atomic mass is 9.41. The van der Waals surface area contributed by atoms with Crippen molar-refractivity contribution in [2.45, 2.75) is 149 Å². The SMILES string of the molecule is C[C@@H]1C[C]([C@H](O)C(C)(C)O)O[C]2[C@H]1[C@@]1(C)CC[C@@]34C[C@@]35CCC(O[C@H]3CN(C(=O)C6CCC6)CCO3)C(C)(C)[C@@H]5CC[C]4[C@]1(C)[C@H]2O. The first-order chi connectivity index (χ1) is 22.0. The number of carbonyl (C=O) groups excluding carboxylic acids is 1. The molecule has 6 saturated carbocycles. The lowest BCUT2D eigenvalue weighted by Crippen LogP contribution is -2.59. The molecule has 8 fully saturated rings. The molecule has 0 aromatic heterocycles. The monoisotopic (exact) mass is 654 g/mol. The van der Waals surface area contributed by atoms with E-state index in [1.54, 1.807) is 19.8 Å². The lowest BCUT2D eigenvalue weighted by molar-refractivity contribution is -0.243. The Kier molecular flexibility index (Phi) is 7.55. The molecule has 0 aromatic rings. The van der Waals surface area contributed by atoms with Crippen LogP contribution in [0.15, 0.2) is 0 Å². The van der Waals surface area contributed by atoms with Crippen LogP contribution in [-0.2, 0) is 19.0 Å². The molecule has 3 radical (unpaired) electrons. The van der Waals surface area contributed by atoms with E-state index in [1.165, 1.54) is 12.8 Å². The van der Waals surface area contributed by atoms with E-state index in [0.717, 1.165) is 57.5 Å². The number of fused-ring (bicyclic) bond motifs is 4. The molecule has 263 valence electrons. The standard InChI is InChI=1S/C39H60NO7/c1-22-19-24(31(41)35(4,5)44)46-30-29(22)36(6)15-16-39-21-38(39)14-13-27(34(2,3)25(38)11-12-26(39)37(36,7)32(30)42)47-28-20-40(17-18-45-28)33(43)23-9-8-10-23/h22-23,25,27-29,31-32,41-42,44H,8-21H2,1-7H3/t22-,25+,27?,28+,29+,31+,32+,36-,37-,38-,39+/m1/s1. The highest BCUT2D eigenvalue weighted by Crippen LogP contribution is 2.90. The molecule has 2 saturated heterocycles. The number of hydrogen-bond acceptors (Lipinski definition) is 7. The van der Waals surface area contributed by atoms with Crippen molar-refractivity contribution in [2.24, 2.45) is 50.7 Å². The van der Waals surface area contributed by atoms with E-state index < -0.39 is 23.2 Å². The molecule has 0 bridgehead atoms. The summed E-state index contributed by atoms with van der Waals surface area (Å²) in [5.41, 5.74) is -1.46. The molecule has 2 aliphatic heterocycles. The molecular weight excluding hydrogens is 594 g/mol. The van der Waals surface area contributed by atoms with Gasteiger partial charge < -0.3 is 34.4 Å². The number of carbonyl (C=O) groups is 1. The second kappa shape index (κ2) is 10.6. The second-order valence-corrected chi connectivity index (χ2v) is 18.9. The first kappa shape index (κ1) is 33.4. The fourth-order valence-electron chi connectivity index (χ4n) is 13.2. The van der Waals surface area contributed by atoms with Gasteiger partial charge in [-0.15, -0.1) is 0 Å². The number of rotatable bonds is 5. The Morgan fingerprint density at radius 1 is 1.09 bits per heavy atom. The largest absolute Gasteiger partial charge is 0.389 e. The van der Waals surface area contributed by atoms with E-state index in [9.17, 15) is 20.1 Å². The Morgan fingerprint density at radius 2 is 1.83 bits per heavy atom. The van der Waals surface area contributed by atoms with Crippen LogP contribution in [0.5, 0.6) is 0 Å². The fraction of sp³-hybridized carbons (Fsp3) is 0.897. The molecule has 8 aliphatic rings. The van der Waals surface area contributed by atoms with Gasteiger partial charge in [0.15, 0.2) is 6.29 Å². The van der Waals surface area contributed by atoms with Crippen LogP contribution in [0.3, 0.4) is 0 Å². The minimum absolute atomic E-state index is 0.0235. The fourth-order valence-corrected chi connectivity index (χ4v) is 13.2.